The molecule has 0 fully saturated rings. The normalized spacial score (nSPS) is 12.1. The maximum atomic E-state index is 11.9. The lowest BCUT2D eigenvalue weighted by Gasteiger charge is -2.23. The van der Waals surface area contributed by atoms with Gasteiger partial charge in [-0.3, -0.25) is 4.79 Å². The van der Waals surface area contributed by atoms with Crippen molar-refractivity contribution in [1.29, 1.82) is 0 Å². The first-order valence-corrected chi connectivity index (χ1v) is 8.56. The van der Waals surface area contributed by atoms with Gasteiger partial charge < -0.3 is 25.6 Å². The molecule has 28 heavy (non-hydrogen) atoms. The molecule has 1 amide bonds. The van der Waals surface area contributed by atoms with E-state index in [1.807, 2.05) is 0 Å². The minimum Gasteiger partial charge on any atom is -0.508 e. The highest BCUT2D eigenvalue weighted by Crippen LogP contribution is 2.18. The Kier molecular flexibility index (Phi) is 6.69. The Morgan fingerprint density at radius 2 is 1.86 bits per heavy atom. The Labute approximate surface area is 162 Å². The van der Waals surface area contributed by atoms with E-state index in [-0.39, 0.29) is 24.7 Å². The van der Waals surface area contributed by atoms with E-state index in [9.17, 15) is 14.7 Å². The van der Waals surface area contributed by atoms with E-state index < -0.39 is 23.7 Å². The quantitative estimate of drug-likeness (QED) is 0.558. The van der Waals surface area contributed by atoms with Gasteiger partial charge >= 0.3 is 12.1 Å². The smallest absolute Gasteiger partial charge is 0.407 e. The molecule has 0 bridgehead atoms. The molecule has 10 heteroatoms. The van der Waals surface area contributed by atoms with Crippen LogP contribution in [0.3, 0.4) is 0 Å². The molecule has 0 aliphatic carbocycles. The third-order valence-corrected chi connectivity index (χ3v) is 3.35. The third kappa shape index (κ3) is 7.06. The van der Waals surface area contributed by atoms with Crippen LogP contribution in [0.1, 0.15) is 27.2 Å². The molecule has 0 radical (unpaired) electrons. The number of amides is 1. The number of aromatic nitrogens is 3. The second-order valence-corrected chi connectivity index (χ2v) is 7.00. The standard InChI is InChI=1S/C18H23N5O5/c1-18(2,3)28-17(27)22-12(8-14(25)26)9-19-16-21-10-20-15(23-16)11-4-6-13(24)7-5-11/h4-7,10,12,24H,8-9H2,1-3H3,(H,22,27)(H,25,26)(H,19,20,21,23)/t12-/m0/s1. The minimum absolute atomic E-state index is 0.0740. The highest BCUT2D eigenvalue weighted by Gasteiger charge is 2.21. The summed E-state index contributed by atoms with van der Waals surface area (Å²) in [5, 5.41) is 23.8. The molecule has 0 unspecified atom stereocenters. The number of carbonyl (C=O) groups is 2. The Balaban J connectivity index is 2.03. The largest absolute Gasteiger partial charge is 0.508 e. The van der Waals surface area contributed by atoms with Crippen LogP contribution in [0.5, 0.6) is 5.75 Å². The summed E-state index contributed by atoms with van der Waals surface area (Å²) in [6.45, 7) is 5.22. The Hall–Kier alpha value is -3.43. The number of carbonyl (C=O) groups excluding carboxylic acids is 1. The maximum absolute atomic E-state index is 11.9. The molecule has 2 aromatic rings. The SMILES string of the molecule is CC(C)(C)OC(=O)N[C@H](CNc1ncnc(-c2ccc(O)cc2)n1)CC(=O)O. The van der Waals surface area contributed by atoms with Crippen molar-refractivity contribution in [1.82, 2.24) is 20.3 Å². The molecule has 1 atom stereocenters. The minimum atomic E-state index is -1.07. The van der Waals surface area contributed by atoms with Gasteiger partial charge in [0.2, 0.25) is 5.95 Å². The summed E-state index contributed by atoms with van der Waals surface area (Å²) in [6.07, 6.45) is 0.300. The second kappa shape index (κ2) is 8.98. The highest BCUT2D eigenvalue weighted by atomic mass is 16.6. The van der Waals surface area contributed by atoms with Crippen molar-refractivity contribution in [3.05, 3.63) is 30.6 Å². The number of carboxylic acid groups (broad SMARTS) is 1. The number of nitrogens with one attached hydrogen (secondary N) is 2. The zero-order valence-electron chi connectivity index (χ0n) is 15.8. The van der Waals surface area contributed by atoms with E-state index >= 15 is 0 Å². The van der Waals surface area contributed by atoms with Gasteiger partial charge in [-0.1, -0.05) is 0 Å². The van der Waals surface area contributed by atoms with Crippen LogP contribution in [-0.2, 0) is 9.53 Å². The topological polar surface area (TPSA) is 147 Å². The van der Waals surface area contributed by atoms with Crippen LogP contribution in [-0.4, -0.2) is 55.4 Å². The van der Waals surface area contributed by atoms with Crippen molar-refractivity contribution >= 4 is 18.0 Å². The second-order valence-electron chi connectivity index (χ2n) is 7.00. The number of ether oxygens (including phenoxy) is 1. The molecular weight excluding hydrogens is 366 g/mol. The average molecular weight is 389 g/mol. The van der Waals surface area contributed by atoms with Gasteiger partial charge in [0.05, 0.1) is 12.5 Å². The van der Waals surface area contributed by atoms with E-state index in [0.717, 1.165) is 0 Å². The molecule has 1 aromatic carbocycles. The number of hydrogen-bond donors (Lipinski definition) is 4. The Morgan fingerprint density at radius 3 is 2.46 bits per heavy atom. The third-order valence-electron chi connectivity index (χ3n) is 3.35. The number of phenols is 1. The first-order chi connectivity index (χ1) is 13.1. The van der Waals surface area contributed by atoms with E-state index in [0.29, 0.717) is 11.4 Å². The van der Waals surface area contributed by atoms with E-state index in [1.54, 1.807) is 32.9 Å². The summed E-state index contributed by atoms with van der Waals surface area (Å²) in [4.78, 5) is 35.3. The molecular formula is C18H23N5O5. The van der Waals surface area contributed by atoms with Crippen LogP contribution in [0.2, 0.25) is 0 Å². The zero-order valence-corrected chi connectivity index (χ0v) is 15.8. The van der Waals surface area contributed by atoms with Crippen LogP contribution in [0.25, 0.3) is 11.4 Å². The van der Waals surface area contributed by atoms with Crippen LogP contribution < -0.4 is 10.6 Å². The molecule has 0 saturated carbocycles. The zero-order chi connectivity index (χ0) is 20.7. The molecule has 2 rings (SSSR count). The summed E-state index contributed by atoms with van der Waals surface area (Å²) < 4.78 is 5.16. The number of hydrogen-bond acceptors (Lipinski definition) is 8. The molecule has 0 saturated heterocycles. The number of phenolic OH excluding ortho intramolecular Hbond substituents is 1. The fourth-order valence-electron chi connectivity index (χ4n) is 2.20. The van der Waals surface area contributed by atoms with Gasteiger partial charge in [-0.2, -0.15) is 4.98 Å². The van der Waals surface area contributed by atoms with Crippen LogP contribution >= 0.6 is 0 Å². The van der Waals surface area contributed by atoms with Gasteiger partial charge in [-0.15, -0.1) is 0 Å². The predicted molar refractivity (Wildman–Crippen MR) is 101 cm³/mol. The number of benzene rings is 1. The molecule has 4 N–H and O–H groups in total. The van der Waals surface area contributed by atoms with Gasteiger partial charge in [0.25, 0.3) is 0 Å². The van der Waals surface area contributed by atoms with Crippen LogP contribution in [0.15, 0.2) is 30.6 Å². The first-order valence-electron chi connectivity index (χ1n) is 8.56. The summed E-state index contributed by atoms with van der Waals surface area (Å²) in [5.74, 6) is -0.337. The number of aromatic hydroxyl groups is 1. The van der Waals surface area contributed by atoms with Crippen LogP contribution in [0, 0.1) is 0 Å². The lowest BCUT2D eigenvalue weighted by molar-refractivity contribution is -0.137. The van der Waals surface area contributed by atoms with Gasteiger partial charge in [0.15, 0.2) is 5.82 Å². The van der Waals surface area contributed by atoms with Crippen molar-refractivity contribution in [3.8, 4) is 17.1 Å². The van der Waals surface area contributed by atoms with Crippen molar-refractivity contribution in [2.24, 2.45) is 0 Å². The van der Waals surface area contributed by atoms with E-state index in [4.69, 9.17) is 9.84 Å². The van der Waals surface area contributed by atoms with E-state index in [1.165, 1.54) is 18.5 Å². The number of carboxylic acids is 1. The molecule has 0 aliphatic rings. The van der Waals surface area contributed by atoms with Crippen LogP contribution in [0.4, 0.5) is 10.7 Å². The summed E-state index contributed by atoms with van der Waals surface area (Å²) in [5.41, 5.74) is -0.0179. The van der Waals surface area contributed by atoms with Gasteiger partial charge in [0, 0.05) is 12.1 Å². The van der Waals surface area contributed by atoms with Gasteiger partial charge in [0.1, 0.15) is 17.7 Å². The fraction of sp³-hybridized carbons (Fsp3) is 0.389. The molecule has 0 spiro atoms. The lowest BCUT2D eigenvalue weighted by atomic mass is 10.2. The average Bonchev–Trinajstić information content (AvgIpc) is 2.58. The Morgan fingerprint density at radius 1 is 1.18 bits per heavy atom. The number of anilines is 1. The lowest BCUT2D eigenvalue weighted by Crippen LogP contribution is -2.43. The summed E-state index contributed by atoms with van der Waals surface area (Å²) in [6, 6.07) is 5.61. The molecule has 1 aromatic heterocycles. The summed E-state index contributed by atoms with van der Waals surface area (Å²) >= 11 is 0. The summed E-state index contributed by atoms with van der Waals surface area (Å²) in [7, 11) is 0. The molecule has 0 aliphatic heterocycles. The predicted octanol–water partition coefficient (Wildman–Crippen LogP) is 2.02. The number of rotatable bonds is 7. The van der Waals surface area contributed by atoms with Crippen molar-refractivity contribution in [3.63, 3.8) is 0 Å². The fourth-order valence-corrected chi connectivity index (χ4v) is 2.20. The number of aliphatic carboxylic acids is 1. The van der Waals surface area contributed by atoms with E-state index in [2.05, 4.69) is 25.6 Å². The Bertz CT molecular complexity index is 820. The molecule has 10 nitrogen and oxygen atoms in total. The highest BCUT2D eigenvalue weighted by molar-refractivity contribution is 5.71. The number of alkyl carbamates (subject to hydrolysis) is 1. The van der Waals surface area contributed by atoms with Gasteiger partial charge in [-0.25, -0.2) is 14.8 Å². The monoisotopic (exact) mass is 389 g/mol. The van der Waals surface area contributed by atoms with Crippen molar-refractivity contribution in [2.75, 3.05) is 11.9 Å². The number of nitrogens with zero attached hydrogens (tertiary/aromatic N) is 3. The maximum Gasteiger partial charge on any atom is 0.407 e. The van der Waals surface area contributed by atoms with Gasteiger partial charge in [-0.05, 0) is 45.0 Å². The van der Waals surface area contributed by atoms with Crippen molar-refractivity contribution in [2.45, 2.75) is 38.8 Å². The van der Waals surface area contributed by atoms with Crippen molar-refractivity contribution < 1.29 is 24.5 Å². The first kappa shape index (κ1) is 20.9. The molecule has 1 heterocycles. The molecule has 150 valence electrons.